The van der Waals surface area contributed by atoms with Crippen LogP contribution in [-0.2, 0) is 12.8 Å². The first-order valence-corrected chi connectivity index (χ1v) is 9.09. The van der Waals surface area contributed by atoms with E-state index in [1.807, 2.05) is 6.07 Å². The van der Waals surface area contributed by atoms with Gasteiger partial charge in [-0.1, -0.05) is 34.5 Å². The van der Waals surface area contributed by atoms with Crippen molar-refractivity contribution in [2.75, 3.05) is 13.2 Å². The number of fused-ring (bicyclic) bond motifs is 1. The minimum Gasteiger partial charge on any atom is -0.493 e. The van der Waals surface area contributed by atoms with Crippen LogP contribution in [0.15, 0.2) is 28.7 Å². The van der Waals surface area contributed by atoms with Crippen LogP contribution >= 0.6 is 38.9 Å². The van der Waals surface area contributed by atoms with Crippen LogP contribution in [0.2, 0.25) is 4.34 Å². The van der Waals surface area contributed by atoms with Crippen molar-refractivity contribution in [3.8, 4) is 5.75 Å². The van der Waals surface area contributed by atoms with Gasteiger partial charge in [0.2, 0.25) is 0 Å². The number of hydrogen-bond donors (Lipinski definition) is 1. The van der Waals surface area contributed by atoms with Crippen molar-refractivity contribution >= 4 is 38.9 Å². The Morgan fingerprint density at radius 2 is 2.29 bits per heavy atom. The van der Waals surface area contributed by atoms with E-state index in [1.54, 1.807) is 11.3 Å². The quantitative estimate of drug-likeness (QED) is 0.781. The number of halogens is 2. The van der Waals surface area contributed by atoms with Gasteiger partial charge in [-0.15, -0.1) is 11.3 Å². The van der Waals surface area contributed by atoms with Crippen LogP contribution < -0.4 is 10.1 Å². The predicted octanol–water partition coefficient (Wildman–Crippen LogP) is 4.99. The SMILES string of the molecule is CCNC(Cc1cc(Br)cc2c1OCC2)c1ccc(Cl)s1. The Morgan fingerprint density at radius 3 is 3.00 bits per heavy atom. The minimum absolute atomic E-state index is 0.273. The minimum atomic E-state index is 0.273. The van der Waals surface area contributed by atoms with Crippen molar-refractivity contribution in [2.45, 2.75) is 25.8 Å². The maximum atomic E-state index is 6.09. The summed E-state index contributed by atoms with van der Waals surface area (Å²) in [5.74, 6) is 1.07. The van der Waals surface area contributed by atoms with Crippen molar-refractivity contribution in [2.24, 2.45) is 0 Å². The zero-order valence-electron chi connectivity index (χ0n) is 11.8. The van der Waals surface area contributed by atoms with E-state index in [0.717, 1.165) is 40.6 Å². The van der Waals surface area contributed by atoms with E-state index in [2.05, 4.69) is 46.4 Å². The van der Waals surface area contributed by atoms with Gasteiger partial charge >= 0.3 is 0 Å². The number of benzene rings is 1. The van der Waals surface area contributed by atoms with Crippen molar-refractivity contribution in [3.63, 3.8) is 0 Å². The maximum absolute atomic E-state index is 6.09. The molecule has 1 N–H and O–H groups in total. The van der Waals surface area contributed by atoms with Gasteiger partial charge in [-0.3, -0.25) is 0 Å². The molecule has 0 fully saturated rings. The van der Waals surface area contributed by atoms with Crippen LogP contribution in [0.4, 0.5) is 0 Å². The number of hydrogen-bond acceptors (Lipinski definition) is 3. The summed E-state index contributed by atoms with van der Waals surface area (Å²) < 4.78 is 7.80. The summed E-state index contributed by atoms with van der Waals surface area (Å²) in [5.41, 5.74) is 2.56. The highest BCUT2D eigenvalue weighted by atomic mass is 79.9. The molecule has 0 saturated heterocycles. The van der Waals surface area contributed by atoms with Crippen molar-refractivity contribution < 1.29 is 4.74 Å². The molecule has 0 radical (unpaired) electrons. The fourth-order valence-corrected chi connectivity index (χ4v) is 4.44. The van der Waals surface area contributed by atoms with Gasteiger partial charge in [-0.25, -0.2) is 0 Å². The molecule has 0 amide bonds. The highest BCUT2D eigenvalue weighted by Gasteiger charge is 2.21. The molecule has 5 heteroatoms. The molecule has 1 aliphatic rings. The second-order valence-electron chi connectivity index (χ2n) is 5.11. The summed E-state index contributed by atoms with van der Waals surface area (Å²) in [7, 11) is 0. The van der Waals surface area contributed by atoms with Gasteiger partial charge in [0.15, 0.2) is 0 Å². The van der Waals surface area contributed by atoms with Gasteiger partial charge in [0.25, 0.3) is 0 Å². The van der Waals surface area contributed by atoms with Crippen LogP contribution in [0.3, 0.4) is 0 Å². The molecule has 0 saturated carbocycles. The van der Waals surface area contributed by atoms with E-state index in [9.17, 15) is 0 Å². The Morgan fingerprint density at radius 1 is 1.43 bits per heavy atom. The fraction of sp³-hybridized carbons (Fsp3) is 0.375. The highest BCUT2D eigenvalue weighted by Crippen LogP contribution is 2.36. The van der Waals surface area contributed by atoms with Crippen LogP contribution in [0.25, 0.3) is 0 Å². The van der Waals surface area contributed by atoms with Gasteiger partial charge in [0, 0.05) is 21.8 Å². The molecular formula is C16H17BrClNOS. The summed E-state index contributed by atoms with van der Waals surface area (Å²) in [6.45, 7) is 3.84. The van der Waals surface area contributed by atoms with Gasteiger partial charge in [0.1, 0.15) is 5.75 Å². The molecule has 21 heavy (non-hydrogen) atoms. The molecule has 1 aliphatic heterocycles. The lowest BCUT2D eigenvalue weighted by molar-refractivity contribution is 0.351. The molecule has 2 heterocycles. The molecule has 2 nitrogen and oxygen atoms in total. The topological polar surface area (TPSA) is 21.3 Å². The summed E-state index contributed by atoms with van der Waals surface area (Å²) in [6, 6.07) is 8.68. The third-order valence-corrected chi connectivity index (χ3v) is 5.44. The lowest BCUT2D eigenvalue weighted by Crippen LogP contribution is -2.22. The van der Waals surface area contributed by atoms with Gasteiger partial charge < -0.3 is 10.1 Å². The van der Waals surface area contributed by atoms with E-state index >= 15 is 0 Å². The van der Waals surface area contributed by atoms with Gasteiger partial charge in [-0.2, -0.15) is 0 Å². The Balaban J connectivity index is 1.90. The predicted molar refractivity (Wildman–Crippen MR) is 92.8 cm³/mol. The first-order valence-electron chi connectivity index (χ1n) is 7.10. The molecular weight excluding hydrogens is 370 g/mol. The molecule has 112 valence electrons. The summed E-state index contributed by atoms with van der Waals surface area (Å²) in [5, 5.41) is 3.55. The monoisotopic (exact) mass is 385 g/mol. The molecule has 1 aromatic heterocycles. The number of likely N-dealkylation sites (N-methyl/N-ethyl adjacent to an activating group) is 1. The fourth-order valence-electron chi connectivity index (χ4n) is 2.75. The smallest absolute Gasteiger partial charge is 0.125 e. The number of thiophene rings is 1. The first kappa shape index (κ1) is 15.3. The third-order valence-electron chi connectivity index (χ3n) is 3.64. The largest absolute Gasteiger partial charge is 0.493 e. The molecule has 1 unspecified atom stereocenters. The first-order chi connectivity index (χ1) is 10.2. The van der Waals surface area contributed by atoms with E-state index in [0.29, 0.717) is 0 Å². The Hall–Kier alpha value is -0.550. The van der Waals surface area contributed by atoms with E-state index in [1.165, 1.54) is 16.0 Å². The summed E-state index contributed by atoms with van der Waals surface area (Å²) >= 11 is 11.3. The third kappa shape index (κ3) is 3.45. The lowest BCUT2D eigenvalue weighted by atomic mass is 10.0. The second-order valence-corrected chi connectivity index (χ2v) is 7.77. The highest BCUT2D eigenvalue weighted by molar-refractivity contribution is 9.10. The molecule has 0 bridgehead atoms. The van der Waals surface area contributed by atoms with Crippen LogP contribution in [-0.4, -0.2) is 13.2 Å². The van der Waals surface area contributed by atoms with E-state index in [-0.39, 0.29) is 6.04 Å². The molecule has 0 aliphatic carbocycles. The van der Waals surface area contributed by atoms with Crippen molar-refractivity contribution in [1.29, 1.82) is 0 Å². The maximum Gasteiger partial charge on any atom is 0.125 e. The molecule has 0 spiro atoms. The average molecular weight is 387 g/mol. The van der Waals surface area contributed by atoms with Crippen LogP contribution in [0.1, 0.15) is 29.0 Å². The molecule has 1 aromatic carbocycles. The normalized spacial score (nSPS) is 14.8. The zero-order valence-corrected chi connectivity index (χ0v) is 14.9. The second kappa shape index (κ2) is 6.69. The summed E-state index contributed by atoms with van der Waals surface area (Å²) in [6.07, 6.45) is 1.91. The zero-order chi connectivity index (χ0) is 14.8. The number of rotatable bonds is 5. The Bertz CT molecular complexity index is 643. The number of ether oxygens (including phenoxy) is 1. The standard InChI is InChI=1S/C16H17BrClNOS/c1-2-19-13(14-3-4-15(18)21-14)9-11-8-12(17)7-10-5-6-20-16(10)11/h3-4,7-8,13,19H,2,5-6,9H2,1H3. The van der Waals surface area contributed by atoms with E-state index in [4.69, 9.17) is 16.3 Å². The average Bonchev–Trinajstić information content (AvgIpc) is 3.06. The van der Waals surface area contributed by atoms with Crippen LogP contribution in [0.5, 0.6) is 5.75 Å². The summed E-state index contributed by atoms with van der Waals surface area (Å²) in [4.78, 5) is 1.27. The molecule has 3 rings (SSSR count). The van der Waals surface area contributed by atoms with Gasteiger partial charge in [0.05, 0.1) is 10.9 Å². The van der Waals surface area contributed by atoms with Crippen LogP contribution in [0, 0.1) is 0 Å². The molecule has 1 atom stereocenters. The Labute approximate surface area is 142 Å². The number of nitrogens with one attached hydrogen (secondary N) is 1. The lowest BCUT2D eigenvalue weighted by Gasteiger charge is -2.18. The van der Waals surface area contributed by atoms with Crippen molar-refractivity contribution in [1.82, 2.24) is 5.32 Å². The van der Waals surface area contributed by atoms with Gasteiger partial charge in [-0.05, 0) is 48.4 Å². The van der Waals surface area contributed by atoms with E-state index < -0.39 is 0 Å². The Kier molecular flexibility index (Phi) is 4.89. The van der Waals surface area contributed by atoms with Crippen molar-refractivity contribution in [3.05, 3.63) is 49.1 Å². The molecule has 2 aromatic rings.